The first kappa shape index (κ1) is 12.9. The van der Waals surface area contributed by atoms with E-state index in [1.807, 2.05) is 0 Å². The molecule has 2 heterocycles. The Kier molecular flexibility index (Phi) is 3.44. The summed E-state index contributed by atoms with van der Waals surface area (Å²) in [6.07, 6.45) is 7.55. The van der Waals surface area contributed by atoms with E-state index in [4.69, 9.17) is 0 Å². The second-order valence-electron chi connectivity index (χ2n) is 7.46. The lowest BCUT2D eigenvalue weighted by molar-refractivity contribution is -0.111. The number of rotatable bonds is 1. The van der Waals surface area contributed by atoms with Crippen LogP contribution >= 0.6 is 0 Å². The van der Waals surface area contributed by atoms with Crippen molar-refractivity contribution in [3.63, 3.8) is 0 Å². The van der Waals surface area contributed by atoms with Crippen molar-refractivity contribution in [1.82, 2.24) is 9.80 Å². The second kappa shape index (κ2) is 4.79. The zero-order chi connectivity index (χ0) is 12.8. The highest BCUT2D eigenvalue weighted by Gasteiger charge is 2.52. The van der Waals surface area contributed by atoms with Gasteiger partial charge in [0, 0.05) is 32.2 Å². The topological polar surface area (TPSA) is 6.48 Å². The second-order valence-corrected chi connectivity index (χ2v) is 7.46. The standard InChI is InChI=1S/C16H30N2/c1-13(2)18-11-14-9-17(3)10-15(12-18)16(14)7-5-4-6-8-16/h13-15H,4-12H2,1-3H3. The van der Waals surface area contributed by atoms with Crippen molar-refractivity contribution in [2.75, 3.05) is 33.2 Å². The molecule has 1 saturated carbocycles. The predicted molar refractivity (Wildman–Crippen MR) is 76.7 cm³/mol. The van der Waals surface area contributed by atoms with Crippen LogP contribution in [0.15, 0.2) is 0 Å². The van der Waals surface area contributed by atoms with E-state index in [9.17, 15) is 0 Å². The minimum absolute atomic E-state index is 0.732. The summed E-state index contributed by atoms with van der Waals surface area (Å²) in [7, 11) is 2.33. The van der Waals surface area contributed by atoms with Gasteiger partial charge >= 0.3 is 0 Å². The predicted octanol–water partition coefficient (Wildman–Crippen LogP) is 2.84. The summed E-state index contributed by atoms with van der Waals surface area (Å²) in [6, 6.07) is 0.736. The molecule has 2 saturated heterocycles. The van der Waals surface area contributed by atoms with Gasteiger partial charge in [-0.2, -0.15) is 0 Å². The first-order chi connectivity index (χ1) is 8.62. The van der Waals surface area contributed by atoms with Crippen molar-refractivity contribution < 1.29 is 0 Å². The maximum atomic E-state index is 2.75. The molecule has 2 aliphatic heterocycles. The molecule has 0 radical (unpaired) electrons. The first-order valence-electron chi connectivity index (χ1n) is 8.04. The van der Waals surface area contributed by atoms with Gasteiger partial charge in [0.15, 0.2) is 0 Å². The number of hydrogen-bond donors (Lipinski definition) is 0. The summed E-state index contributed by atoms with van der Waals surface area (Å²) in [5.74, 6) is 1.88. The molecule has 2 bridgehead atoms. The Morgan fingerprint density at radius 3 is 1.94 bits per heavy atom. The van der Waals surface area contributed by atoms with Gasteiger partial charge in [0.2, 0.25) is 0 Å². The van der Waals surface area contributed by atoms with Gasteiger partial charge in [0.25, 0.3) is 0 Å². The van der Waals surface area contributed by atoms with Crippen LogP contribution in [0.5, 0.6) is 0 Å². The molecular formula is C16H30N2. The lowest BCUT2D eigenvalue weighted by Crippen LogP contribution is -2.64. The fraction of sp³-hybridized carbons (Fsp3) is 1.00. The SMILES string of the molecule is CC(C)N1CC2CN(C)CC(C1)C21CCCCC1. The summed E-state index contributed by atoms with van der Waals surface area (Å²) >= 11 is 0. The van der Waals surface area contributed by atoms with E-state index >= 15 is 0 Å². The van der Waals surface area contributed by atoms with Gasteiger partial charge in [-0.1, -0.05) is 19.3 Å². The quantitative estimate of drug-likeness (QED) is 0.706. The first-order valence-corrected chi connectivity index (χ1v) is 8.04. The van der Waals surface area contributed by atoms with Crippen LogP contribution in [0.2, 0.25) is 0 Å². The molecule has 0 aromatic carbocycles. The van der Waals surface area contributed by atoms with Crippen LogP contribution in [0, 0.1) is 17.3 Å². The third-order valence-corrected chi connectivity index (χ3v) is 6.11. The van der Waals surface area contributed by atoms with E-state index in [0.29, 0.717) is 0 Å². The average Bonchev–Trinajstić information content (AvgIpc) is 2.32. The molecule has 18 heavy (non-hydrogen) atoms. The van der Waals surface area contributed by atoms with Crippen molar-refractivity contribution in [2.24, 2.45) is 17.3 Å². The fourth-order valence-electron chi connectivity index (χ4n) is 5.09. The molecule has 1 spiro atoms. The van der Waals surface area contributed by atoms with Crippen molar-refractivity contribution in [3.05, 3.63) is 0 Å². The van der Waals surface area contributed by atoms with Crippen LogP contribution in [0.3, 0.4) is 0 Å². The van der Waals surface area contributed by atoms with Crippen LogP contribution in [-0.2, 0) is 0 Å². The van der Waals surface area contributed by atoms with Crippen molar-refractivity contribution >= 4 is 0 Å². The van der Waals surface area contributed by atoms with Crippen LogP contribution in [0.1, 0.15) is 46.0 Å². The van der Waals surface area contributed by atoms with Crippen LogP contribution in [-0.4, -0.2) is 49.1 Å². The largest absolute Gasteiger partial charge is 0.306 e. The minimum Gasteiger partial charge on any atom is -0.306 e. The molecule has 0 amide bonds. The van der Waals surface area contributed by atoms with E-state index < -0.39 is 0 Å². The van der Waals surface area contributed by atoms with E-state index in [1.165, 1.54) is 58.3 Å². The lowest BCUT2D eigenvalue weighted by Gasteiger charge is -2.60. The van der Waals surface area contributed by atoms with Crippen LogP contribution < -0.4 is 0 Å². The Hall–Kier alpha value is -0.0800. The molecule has 3 fully saturated rings. The molecule has 1 aliphatic carbocycles. The van der Waals surface area contributed by atoms with E-state index in [1.54, 1.807) is 0 Å². The number of likely N-dealkylation sites (tertiary alicyclic amines) is 2. The van der Waals surface area contributed by atoms with Gasteiger partial charge < -0.3 is 9.80 Å². The maximum absolute atomic E-state index is 2.75. The highest BCUT2D eigenvalue weighted by atomic mass is 15.2. The van der Waals surface area contributed by atoms with Gasteiger partial charge in [0.1, 0.15) is 0 Å². The molecule has 3 rings (SSSR count). The molecule has 2 atom stereocenters. The molecule has 0 aromatic rings. The normalized spacial score (nSPS) is 37.3. The number of piperidine rings is 2. The Morgan fingerprint density at radius 1 is 0.889 bits per heavy atom. The van der Waals surface area contributed by atoms with Gasteiger partial charge in [-0.05, 0) is 51.0 Å². The Bertz CT molecular complexity index is 275. The minimum atomic E-state index is 0.732. The van der Waals surface area contributed by atoms with Crippen LogP contribution in [0.4, 0.5) is 0 Å². The highest BCUT2D eigenvalue weighted by molar-refractivity contribution is 5.04. The fourth-order valence-corrected chi connectivity index (χ4v) is 5.09. The number of nitrogens with zero attached hydrogens (tertiary/aromatic N) is 2. The summed E-state index contributed by atoms with van der Waals surface area (Å²) in [6.45, 7) is 10.2. The lowest BCUT2D eigenvalue weighted by atomic mass is 9.55. The molecule has 0 aromatic heterocycles. The van der Waals surface area contributed by atoms with E-state index in [-0.39, 0.29) is 0 Å². The zero-order valence-corrected chi connectivity index (χ0v) is 12.5. The Morgan fingerprint density at radius 2 is 1.44 bits per heavy atom. The molecule has 2 nitrogen and oxygen atoms in total. The summed E-state index contributed by atoms with van der Waals surface area (Å²) < 4.78 is 0. The molecular weight excluding hydrogens is 220 g/mol. The van der Waals surface area contributed by atoms with Crippen molar-refractivity contribution in [3.8, 4) is 0 Å². The third kappa shape index (κ3) is 2.02. The highest BCUT2D eigenvalue weighted by Crippen LogP contribution is 2.53. The zero-order valence-electron chi connectivity index (χ0n) is 12.5. The number of hydrogen-bond acceptors (Lipinski definition) is 2. The smallest absolute Gasteiger partial charge is 0.00388 e. The Balaban J connectivity index is 1.84. The average molecular weight is 250 g/mol. The van der Waals surface area contributed by atoms with Gasteiger partial charge in [0.05, 0.1) is 0 Å². The van der Waals surface area contributed by atoms with E-state index in [2.05, 4.69) is 30.7 Å². The molecule has 104 valence electrons. The van der Waals surface area contributed by atoms with Crippen molar-refractivity contribution in [1.29, 1.82) is 0 Å². The summed E-state index contributed by atoms with van der Waals surface area (Å²) in [5.41, 5.74) is 0.732. The summed E-state index contributed by atoms with van der Waals surface area (Å²) in [4.78, 5) is 5.36. The molecule has 2 heteroatoms. The Labute approximate surface area is 113 Å². The summed E-state index contributed by atoms with van der Waals surface area (Å²) in [5, 5.41) is 0. The molecule has 0 N–H and O–H groups in total. The van der Waals surface area contributed by atoms with Gasteiger partial charge in [-0.25, -0.2) is 0 Å². The maximum Gasteiger partial charge on any atom is 0.00388 e. The van der Waals surface area contributed by atoms with Crippen LogP contribution in [0.25, 0.3) is 0 Å². The van der Waals surface area contributed by atoms with Crippen molar-refractivity contribution in [2.45, 2.75) is 52.0 Å². The van der Waals surface area contributed by atoms with E-state index in [0.717, 1.165) is 23.3 Å². The molecule has 2 unspecified atom stereocenters. The third-order valence-electron chi connectivity index (χ3n) is 6.11. The van der Waals surface area contributed by atoms with Gasteiger partial charge in [-0.3, -0.25) is 0 Å². The molecule has 3 aliphatic rings. The monoisotopic (exact) mass is 250 g/mol. The van der Waals surface area contributed by atoms with Gasteiger partial charge in [-0.15, -0.1) is 0 Å².